The van der Waals surface area contributed by atoms with E-state index in [1.165, 1.54) is 5.56 Å². The second-order valence-corrected chi connectivity index (χ2v) is 11.7. The van der Waals surface area contributed by atoms with Gasteiger partial charge in [0.2, 0.25) is 0 Å². The molecule has 0 aliphatic heterocycles. The molecule has 0 fully saturated rings. The van der Waals surface area contributed by atoms with Crippen LogP contribution in [0.15, 0.2) is 28.7 Å². The highest BCUT2D eigenvalue weighted by atomic mass is 79.9. The molecule has 0 saturated carbocycles. The van der Waals surface area contributed by atoms with Crippen molar-refractivity contribution in [3.05, 3.63) is 34.3 Å². The van der Waals surface area contributed by atoms with Crippen molar-refractivity contribution in [3.63, 3.8) is 0 Å². The topological polar surface area (TPSA) is 9.23 Å². The van der Waals surface area contributed by atoms with Crippen molar-refractivity contribution < 1.29 is 4.43 Å². The summed E-state index contributed by atoms with van der Waals surface area (Å²) in [5, 5.41) is 0.257. The fourth-order valence-electron chi connectivity index (χ4n) is 1.45. The summed E-state index contributed by atoms with van der Waals surface area (Å²) in [5.74, 6) is 0. The predicted octanol–water partition coefficient (Wildman–Crippen LogP) is 5.53. The van der Waals surface area contributed by atoms with E-state index in [4.69, 9.17) is 4.43 Å². The zero-order valence-corrected chi connectivity index (χ0v) is 14.3. The van der Waals surface area contributed by atoms with Crippen LogP contribution in [0.3, 0.4) is 0 Å². The fraction of sp³-hybridized carbons (Fsp3) is 0.571. The van der Waals surface area contributed by atoms with Gasteiger partial charge in [-0.25, -0.2) is 0 Å². The second-order valence-electron chi connectivity index (χ2n) is 6.08. The molecule has 0 amide bonds. The number of halogens is 1. The van der Waals surface area contributed by atoms with Gasteiger partial charge in [0.1, 0.15) is 0 Å². The van der Waals surface area contributed by atoms with Crippen LogP contribution in [0.4, 0.5) is 0 Å². The number of hydrogen-bond acceptors (Lipinski definition) is 1. The van der Waals surface area contributed by atoms with Crippen molar-refractivity contribution in [2.75, 3.05) is 0 Å². The Morgan fingerprint density at radius 2 is 1.82 bits per heavy atom. The van der Waals surface area contributed by atoms with Crippen LogP contribution >= 0.6 is 15.9 Å². The van der Waals surface area contributed by atoms with Gasteiger partial charge in [-0.2, -0.15) is 0 Å². The van der Waals surface area contributed by atoms with E-state index in [9.17, 15) is 0 Å². The summed E-state index contributed by atoms with van der Waals surface area (Å²) in [6.45, 7) is 13.5. The van der Waals surface area contributed by atoms with Gasteiger partial charge in [0.25, 0.3) is 0 Å². The molecule has 0 aliphatic rings. The van der Waals surface area contributed by atoms with Gasteiger partial charge < -0.3 is 4.43 Å². The molecule has 0 aliphatic carbocycles. The van der Waals surface area contributed by atoms with Crippen LogP contribution in [0.5, 0.6) is 0 Å². The van der Waals surface area contributed by atoms with Crippen molar-refractivity contribution >= 4 is 24.2 Å². The average Bonchev–Trinajstić information content (AvgIpc) is 2.15. The smallest absolute Gasteiger partial charge is 0.192 e. The van der Waals surface area contributed by atoms with Crippen molar-refractivity contribution in [3.8, 4) is 0 Å². The molecule has 1 atom stereocenters. The van der Waals surface area contributed by atoms with Gasteiger partial charge >= 0.3 is 0 Å². The first kappa shape index (κ1) is 14.9. The van der Waals surface area contributed by atoms with E-state index in [1.54, 1.807) is 0 Å². The molecule has 1 aromatic carbocycles. The zero-order chi connectivity index (χ0) is 13.3. The summed E-state index contributed by atoms with van der Waals surface area (Å²) in [6.07, 6.45) is 0.161. The number of rotatable bonds is 3. The summed E-state index contributed by atoms with van der Waals surface area (Å²) in [5.41, 5.74) is 1.24. The van der Waals surface area contributed by atoms with E-state index in [-0.39, 0.29) is 11.1 Å². The largest absolute Gasteiger partial charge is 0.410 e. The Morgan fingerprint density at radius 3 is 2.29 bits per heavy atom. The molecule has 0 heterocycles. The highest BCUT2D eigenvalue weighted by Crippen LogP contribution is 2.39. The van der Waals surface area contributed by atoms with E-state index in [1.807, 2.05) is 6.07 Å². The van der Waals surface area contributed by atoms with Gasteiger partial charge in [-0.1, -0.05) is 48.8 Å². The van der Waals surface area contributed by atoms with Crippen molar-refractivity contribution in [2.45, 2.75) is 51.9 Å². The third-order valence-corrected chi connectivity index (χ3v) is 8.64. The lowest BCUT2D eigenvalue weighted by molar-refractivity contribution is 0.203. The Labute approximate surface area is 115 Å². The summed E-state index contributed by atoms with van der Waals surface area (Å²) in [4.78, 5) is 0. The zero-order valence-electron chi connectivity index (χ0n) is 11.7. The molecule has 0 saturated heterocycles. The van der Waals surface area contributed by atoms with E-state index in [0.717, 1.165) is 4.47 Å². The van der Waals surface area contributed by atoms with Crippen LogP contribution in [0, 0.1) is 0 Å². The van der Waals surface area contributed by atoms with Gasteiger partial charge in [-0.05, 0) is 42.8 Å². The highest BCUT2D eigenvalue weighted by molar-refractivity contribution is 9.10. The lowest BCUT2D eigenvalue weighted by Crippen LogP contribution is -2.41. The summed E-state index contributed by atoms with van der Waals surface area (Å²) in [6, 6.07) is 8.37. The Morgan fingerprint density at radius 1 is 1.24 bits per heavy atom. The summed E-state index contributed by atoms with van der Waals surface area (Å²) < 4.78 is 7.47. The van der Waals surface area contributed by atoms with Crippen molar-refractivity contribution in [1.82, 2.24) is 0 Å². The first-order valence-electron chi connectivity index (χ1n) is 6.07. The average molecular weight is 315 g/mol. The highest BCUT2D eigenvalue weighted by Gasteiger charge is 2.38. The van der Waals surface area contributed by atoms with Crippen LogP contribution in [-0.2, 0) is 4.43 Å². The molecule has 17 heavy (non-hydrogen) atoms. The van der Waals surface area contributed by atoms with Gasteiger partial charge in [-0.3, -0.25) is 0 Å². The molecule has 0 spiro atoms. The first-order valence-corrected chi connectivity index (χ1v) is 9.77. The number of hydrogen-bond donors (Lipinski definition) is 0. The van der Waals surface area contributed by atoms with Crippen LogP contribution in [0.25, 0.3) is 0 Å². The second kappa shape index (κ2) is 5.25. The van der Waals surface area contributed by atoms with E-state index in [2.05, 4.69) is 74.9 Å². The van der Waals surface area contributed by atoms with E-state index >= 15 is 0 Å². The maximum Gasteiger partial charge on any atom is 0.192 e. The molecule has 1 aromatic rings. The van der Waals surface area contributed by atoms with E-state index < -0.39 is 8.32 Å². The molecule has 0 aromatic heterocycles. The Balaban J connectivity index is 2.83. The Bertz CT molecular complexity index is 382. The molecule has 0 radical (unpaired) electrons. The molecular formula is C14H23BrOSi. The summed E-state index contributed by atoms with van der Waals surface area (Å²) in [7, 11) is -1.68. The normalized spacial score (nSPS) is 14.8. The van der Waals surface area contributed by atoms with Gasteiger partial charge in [-0.15, -0.1) is 0 Å². The van der Waals surface area contributed by atoms with Gasteiger partial charge in [0.15, 0.2) is 8.32 Å². The van der Waals surface area contributed by atoms with Crippen molar-refractivity contribution in [2.24, 2.45) is 0 Å². The quantitative estimate of drug-likeness (QED) is 0.666. The van der Waals surface area contributed by atoms with E-state index in [0.29, 0.717) is 0 Å². The first-order chi connectivity index (χ1) is 7.63. The van der Waals surface area contributed by atoms with Gasteiger partial charge in [0.05, 0.1) is 6.10 Å². The van der Waals surface area contributed by atoms with Crippen LogP contribution < -0.4 is 0 Å². The molecule has 0 unspecified atom stereocenters. The molecule has 3 heteroatoms. The standard InChI is InChI=1S/C14H23BrOSi/c1-11(12-8-7-9-13(15)10-12)16-17(5,6)14(2,3)4/h7-11H,1-6H3/t11-/m0/s1. The predicted molar refractivity (Wildman–Crippen MR) is 80.8 cm³/mol. The van der Waals surface area contributed by atoms with Crippen molar-refractivity contribution in [1.29, 1.82) is 0 Å². The third kappa shape index (κ3) is 3.93. The molecule has 0 N–H and O–H groups in total. The Kier molecular flexibility index (Phi) is 4.61. The molecule has 1 rings (SSSR count). The maximum atomic E-state index is 6.36. The minimum atomic E-state index is -1.68. The fourth-order valence-corrected chi connectivity index (χ4v) is 3.24. The molecular weight excluding hydrogens is 292 g/mol. The molecule has 0 bridgehead atoms. The Hall–Kier alpha value is -0.123. The minimum absolute atomic E-state index is 0.161. The molecule has 1 nitrogen and oxygen atoms in total. The maximum absolute atomic E-state index is 6.36. The number of benzene rings is 1. The van der Waals surface area contributed by atoms with Gasteiger partial charge in [0, 0.05) is 4.47 Å². The monoisotopic (exact) mass is 314 g/mol. The third-order valence-electron chi connectivity index (χ3n) is 3.60. The van der Waals surface area contributed by atoms with Crippen LogP contribution in [-0.4, -0.2) is 8.32 Å². The summed E-state index contributed by atoms with van der Waals surface area (Å²) >= 11 is 3.51. The lowest BCUT2D eigenvalue weighted by Gasteiger charge is -2.38. The van der Waals surface area contributed by atoms with Crippen LogP contribution in [0.1, 0.15) is 39.4 Å². The minimum Gasteiger partial charge on any atom is -0.410 e. The SMILES string of the molecule is C[C@H](O[Si](C)(C)C(C)(C)C)c1cccc(Br)c1. The van der Waals surface area contributed by atoms with Crippen LogP contribution in [0.2, 0.25) is 18.1 Å². The lowest BCUT2D eigenvalue weighted by atomic mass is 10.1. The molecule has 96 valence electrons.